The van der Waals surface area contributed by atoms with Gasteiger partial charge in [-0.2, -0.15) is 52.7 Å². The highest BCUT2D eigenvalue weighted by Gasteiger charge is 3.23. The molecule has 6 aliphatic rings. The lowest BCUT2D eigenvalue weighted by Crippen LogP contribution is -3.11. The minimum Gasteiger partial charge on any atom is -0.371 e. The molecule has 0 aromatic rings. The lowest BCUT2D eigenvalue weighted by molar-refractivity contribution is -0.638. The van der Waals surface area contributed by atoms with Gasteiger partial charge in [-0.15, -0.1) is 0 Å². The van der Waals surface area contributed by atoms with E-state index in [4.69, 9.17) is 0 Å². The lowest BCUT2D eigenvalue weighted by Gasteiger charge is -2.76. The molecular formula is C20H18F14O6. The molecule has 6 fully saturated rings. The molecule has 20 heteroatoms. The average molecular weight is 620 g/mol. The number of ether oxygens (including phenoxy) is 6. The fraction of sp³-hybridized carbons (Fsp3) is 1.00. The van der Waals surface area contributed by atoms with Gasteiger partial charge in [0.2, 0.25) is 0 Å². The number of alkyl halides is 14. The van der Waals surface area contributed by atoms with Crippen LogP contribution in [-0.4, -0.2) is 109 Å². The summed E-state index contributed by atoms with van der Waals surface area (Å²) in [6.45, 7) is -1.26. The van der Waals surface area contributed by atoms with Crippen molar-refractivity contribution in [2.75, 3.05) is 26.4 Å². The molecular weight excluding hydrogens is 602 g/mol. The Kier molecular flexibility index (Phi) is 5.92. The second kappa shape index (κ2) is 7.83. The third-order valence-electron chi connectivity index (χ3n) is 7.77. The maximum absolute atomic E-state index is 16.0. The first-order valence-corrected chi connectivity index (χ1v) is 11.4. The van der Waals surface area contributed by atoms with Crippen molar-refractivity contribution >= 4 is 0 Å². The maximum Gasteiger partial charge on any atom is 0.339 e. The maximum atomic E-state index is 16.0. The van der Waals surface area contributed by atoms with Crippen molar-refractivity contribution in [2.45, 2.75) is 96.7 Å². The third-order valence-corrected chi connectivity index (χ3v) is 7.77. The molecule has 0 aromatic heterocycles. The summed E-state index contributed by atoms with van der Waals surface area (Å²) in [7, 11) is 0. The SMILES string of the molecule is CC(OCC1CO1)OC12C(F)(F)C3(F)C(F)(F)C(F)(C1(F)F)C(F)(F)C(OC(C)OCC1CO1)(C3(F)F)C2(F)F. The Morgan fingerprint density at radius 1 is 0.525 bits per heavy atom. The summed E-state index contributed by atoms with van der Waals surface area (Å²) in [6, 6.07) is 0. The van der Waals surface area contributed by atoms with E-state index in [-0.39, 0.29) is 27.1 Å². The van der Waals surface area contributed by atoms with Crippen molar-refractivity contribution in [1.82, 2.24) is 0 Å². The Hall–Kier alpha value is -1.22. The molecule has 6 nitrogen and oxygen atoms in total. The minimum absolute atomic E-state index is 0.0903. The number of epoxide rings is 2. The zero-order valence-electron chi connectivity index (χ0n) is 19.9. The molecule has 232 valence electrons. The Labute approximate surface area is 214 Å². The van der Waals surface area contributed by atoms with E-state index < -0.39 is 96.1 Å². The normalized spacial score (nSPS) is 47.1. The van der Waals surface area contributed by atoms with Crippen LogP contribution >= 0.6 is 0 Å². The molecule has 4 unspecified atom stereocenters. The highest BCUT2D eigenvalue weighted by Crippen LogP contribution is 2.88. The topological polar surface area (TPSA) is 62.0 Å². The standard InChI is InChI=1S/C20H18F14O6/c1-7(35-3-9-5-37-9)39-13-16(25,26)11(21)15(23,24)12(22,17(13,27)28)19(31,32)14(18(11,29)30,20(13,33)34)40-8(2)36-4-10-6-38-10/h7-10H,3-6H2,1-2H3. The molecule has 4 saturated carbocycles. The van der Waals surface area contributed by atoms with Crippen LogP contribution in [0.5, 0.6) is 0 Å². The van der Waals surface area contributed by atoms with E-state index in [9.17, 15) is 8.78 Å². The predicted octanol–water partition coefficient (Wildman–Crippen LogP) is 4.29. The second-order valence-electron chi connectivity index (χ2n) is 10.1. The quantitative estimate of drug-likeness (QED) is 0.207. The molecule has 0 spiro atoms. The van der Waals surface area contributed by atoms with Gasteiger partial charge in [0.1, 0.15) is 12.2 Å². The number of rotatable bonds is 10. The first kappa shape index (κ1) is 30.2. The number of hydrogen-bond donors (Lipinski definition) is 0. The van der Waals surface area contributed by atoms with Gasteiger partial charge in [-0.1, -0.05) is 0 Å². The van der Waals surface area contributed by atoms with Crippen molar-refractivity contribution in [3.8, 4) is 0 Å². The fourth-order valence-corrected chi connectivity index (χ4v) is 5.65. The summed E-state index contributed by atoms with van der Waals surface area (Å²) in [5, 5.41) is 0. The molecule has 0 N–H and O–H groups in total. The molecule has 4 aliphatic carbocycles. The van der Waals surface area contributed by atoms with Gasteiger partial charge in [0.05, 0.1) is 26.4 Å². The third kappa shape index (κ3) is 2.67. The molecule has 4 atom stereocenters. The Bertz CT molecular complexity index is 950. The van der Waals surface area contributed by atoms with E-state index >= 15 is 52.7 Å². The molecule has 40 heavy (non-hydrogen) atoms. The van der Waals surface area contributed by atoms with Crippen LogP contribution in [0.2, 0.25) is 0 Å². The Morgan fingerprint density at radius 2 is 0.800 bits per heavy atom. The van der Waals surface area contributed by atoms with E-state index in [1.807, 2.05) is 0 Å². The molecule has 0 amide bonds. The fourth-order valence-electron chi connectivity index (χ4n) is 5.65. The van der Waals surface area contributed by atoms with Gasteiger partial charge in [0.15, 0.2) is 12.6 Å². The van der Waals surface area contributed by atoms with Crippen LogP contribution in [0, 0.1) is 0 Å². The van der Waals surface area contributed by atoms with Crippen LogP contribution in [0.1, 0.15) is 13.8 Å². The van der Waals surface area contributed by atoms with Crippen LogP contribution in [0.15, 0.2) is 0 Å². The van der Waals surface area contributed by atoms with Crippen LogP contribution in [0.25, 0.3) is 0 Å². The highest BCUT2D eigenvalue weighted by molar-refractivity contribution is 5.54. The van der Waals surface area contributed by atoms with Crippen molar-refractivity contribution < 1.29 is 89.9 Å². The zero-order valence-corrected chi connectivity index (χ0v) is 19.9. The smallest absolute Gasteiger partial charge is 0.339 e. The van der Waals surface area contributed by atoms with Crippen molar-refractivity contribution in [2.24, 2.45) is 0 Å². The van der Waals surface area contributed by atoms with E-state index in [1.54, 1.807) is 0 Å². The van der Waals surface area contributed by atoms with E-state index in [0.717, 1.165) is 0 Å². The zero-order chi connectivity index (χ0) is 30.4. The summed E-state index contributed by atoms with van der Waals surface area (Å²) in [5.74, 6) is -45.0. The molecule has 0 aromatic carbocycles. The van der Waals surface area contributed by atoms with Crippen LogP contribution in [0.3, 0.4) is 0 Å². The minimum atomic E-state index is -7.74. The molecule has 6 rings (SSSR count). The van der Waals surface area contributed by atoms with E-state index in [2.05, 4.69) is 28.4 Å². The van der Waals surface area contributed by atoms with E-state index in [1.165, 1.54) is 0 Å². The van der Waals surface area contributed by atoms with Crippen molar-refractivity contribution in [3.63, 3.8) is 0 Å². The van der Waals surface area contributed by atoms with Crippen molar-refractivity contribution in [3.05, 3.63) is 0 Å². The van der Waals surface area contributed by atoms with Crippen LogP contribution in [-0.2, 0) is 28.4 Å². The van der Waals surface area contributed by atoms with Gasteiger partial charge in [-0.3, -0.25) is 0 Å². The van der Waals surface area contributed by atoms with Gasteiger partial charge in [-0.25, -0.2) is 8.78 Å². The van der Waals surface area contributed by atoms with Gasteiger partial charge in [0, 0.05) is 0 Å². The Balaban J connectivity index is 1.79. The second-order valence-corrected chi connectivity index (χ2v) is 10.1. The lowest BCUT2D eigenvalue weighted by atomic mass is 9.39. The van der Waals surface area contributed by atoms with Crippen LogP contribution in [0.4, 0.5) is 61.5 Å². The summed E-state index contributed by atoms with van der Waals surface area (Å²) in [5.41, 5.74) is -28.6. The molecule has 0 radical (unpaired) electrons. The molecule has 2 aliphatic heterocycles. The first-order chi connectivity index (χ1) is 17.9. The summed E-state index contributed by atoms with van der Waals surface area (Å²) in [4.78, 5) is 0. The molecule has 4 bridgehead atoms. The predicted molar refractivity (Wildman–Crippen MR) is 95.3 cm³/mol. The van der Waals surface area contributed by atoms with Gasteiger partial charge in [0.25, 0.3) is 11.2 Å². The highest BCUT2D eigenvalue weighted by atomic mass is 19.3. The number of halogens is 14. The number of hydrogen-bond acceptors (Lipinski definition) is 6. The average Bonchev–Trinajstić information content (AvgIpc) is 3.73. The van der Waals surface area contributed by atoms with Gasteiger partial charge < -0.3 is 28.4 Å². The van der Waals surface area contributed by atoms with Gasteiger partial charge >= 0.3 is 46.9 Å². The van der Waals surface area contributed by atoms with Crippen molar-refractivity contribution in [1.29, 1.82) is 0 Å². The largest absolute Gasteiger partial charge is 0.371 e. The molecule has 2 saturated heterocycles. The Morgan fingerprint density at radius 3 is 1.05 bits per heavy atom. The molecule has 2 heterocycles. The van der Waals surface area contributed by atoms with Crippen LogP contribution < -0.4 is 0 Å². The first-order valence-electron chi connectivity index (χ1n) is 11.4. The summed E-state index contributed by atoms with van der Waals surface area (Å²) < 4.78 is 243. The summed E-state index contributed by atoms with van der Waals surface area (Å²) in [6.07, 6.45) is -7.57. The summed E-state index contributed by atoms with van der Waals surface area (Å²) >= 11 is 0. The van der Waals surface area contributed by atoms with Gasteiger partial charge in [-0.05, 0) is 13.8 Å². The monoisotopic (exact) mass is 620 g/mol. The van der Waals surface area contributed by atoms with E-state index in [0.29, 0.717) is 0 Å².